The highest BCUT2D eigenvalue weighted by Gasteiger charge is 2.36. The molecule has 0 aromatic carbocycles. The van der Waals surface area contributed by atoms with E-state index in [4.69, 9.17) is 19.2 Å². The SMILES string of the molecule is C1CC(c2nsc(N3CCO[C@@H]4COCC[C@@H]43)n2)CCO1. The molecule has 3 aliphatic rings. The van der Waals surface area contributed by atoms with E-state index >= 15 is 0 Å². The summed E-state index contributed by atoms with van der Waals surface area (Å²) in [5, 5.41) is 1.05. The van der Waals surface area contributed by atoms with Crippen LogP contribution in [-0.2, 0) is 14.2 Å². The number of nitrogens with zero attached hydrogens (tertiary/aromatic N) is 3. The van der Waals surface area contributed by atoms with Gasteiger partial charge in [0.05, 0.1) is 19.3 Å². The van der Waals surface area contributed by atoms with Crippen molar-refractivity contribution >= 4 is 16.7 Å². The molecule has 0 saturated carbocycles. The van der Waals surface area contributed by atoms with Crippen molar-refractivity contribution in [3.8, 4) is 0 Å². The van der Waals surface area contributed by atoms with Crippen molar-refractivity contribution in [2.24, 2.45) is 0 Å². The van der Waals surface area contributed by atoms with Gasteiger partial charge in [0.1, 0.15) is 11.9 Å². The molecule has 116 valence electrons. The molecule has 0 N–H and O–H groups in total. The maximum atomic E-state index is 5.83. The van der Waals surface area contributed by atoms with Gasteiger partial charge in [-0.3, -0.25) is 0 Å². The van der Waals surface area contributed by atoms with E-state index in [2.05, 4.69) is 9.27 Å². The molecule has 1 aromatic rings. The Morgan fingerprint density at radius 2 is 1.90 bits per heavy atom. The molecule has 0 unspecified atom stereocenters. The molecule has 2 atom stereocenters. The lowest BCUT2D eigenvalue weighted by Crippen LogP contribution is -2.55. The molecule has 6 nitrogen and oxygen atoms in total. The number of aromatic nitrogens is 2. The normalized spacial score (nSPS) is 31.1. The third-order valence-corrected chi connectivity index (χ3v) is 5.36. The minimum absolute atomic E-state index is 0.183. The largest absolute Gasteiger partial charge is 0.381 e. The molecule has 3 fully saturated rings. The highest BCUT2D eigenvalue weighted by Crippen LogP contribution is 2.32. The predicted molar refractivity (Wildman–Crippen MR) is 79.0 cm³/mol. The second-order valence-corrected chi connectivity index (χ2v) is 6.59. The number of morpholine rings is 1. The molecule has 0 aliphatic carbocycles. The summed E-state index contributed by atoms with van der Waals surface area (Å²) in [5.74, 6) is 1.48. The van der Waals surface area contributed by atoms with Crippen molar-refractivity contribution in [3.63, 3.8) is 0 Å². The molecule has 3 aliphatic heterocycles. The standard InChI is InChI=1S/C14H21N3O3S/c1-5-18-6-2-10(1)13-15-14(21-16-13)17-4-8-20-12-9-19-7-3-11(12)17/h10-12H,1-9H2/t11-,12+/m0/s1. The third-order valence-electron chi connectivity index (χ3n) is 4.60. The van der Waals surface area contributed by atoms with Crippen molar-refractivity contribution in [2.45, 2.75) is 37.3 Å². The molecule has 4 heterocycles. The summed E-state index contributed by atoms with van der Waals surface area (Å²) in [6.45, 7) is 4.83. The van der Waals surface area contributed by atoms with Gasteiger partial charge in [-0.25, -0.2) is 4.98 Å². The van der Waals surface area contributed by atoms with Crippen LogP contribution >= 0.6 is 11.5 Å². The zero-order chi connectivity index (χ0) is 14.1. The third kappa shape index (κ3) is 2.79. The molecular formula is C14H21N3O3S. The Labute approximate surface area is 128 Å². The first-order chi connectivity index (χ1) is 10.4. The van der Waals surface area contributed by atoms with Crippen LogP contribution in [0.3, 0.4) is 0 Å². The molecule has 4 rings (SSSR count). The van der Waals surface area contributed by atoms with Crippen LogP contribution in [0.4, 0.5) is 5.13 Å². The van der Waals surface area contributed by atoms with E-state index in [0.717, 1.165) is 63.2 Å². The molecular weight excluding hydrogens is 290 g/mol. The van der Waals surface area contributed by atoms with Gasteiger partial charge >= 0.3 is 0 Å². The van der Waals surface area contributed by atoms with E-state index in [9.17, 15) is 0 Å². The predicted octanol–water partition coefficient (Wildman–Crippen LogP) is 1.43. The van der Waals surface area contributed by atoms with Gasteiger partial charge in [0.25, 0.3) is 0 Å². The van der Waals surface area contributed by atoms with Crippen molar-refractivity contribution < 1.29 is 14.2 Å². The number of fused-ring (bicyclic) bond motifs is 1. The van der Waals surface area contributed by atoms with Crippen LogP contribution in [0, 0.1) is 0 Å². The number of hydrogen-bond donors (Lipinski definition) is 0. The van der Waals surface area contributed by atoms with E-state index in [0.29, 0.717) is 18.6 Å². The summed E-state index contributed by atoms with van der Waals surface area (Å²) in [4.78, 5) is 7.22. The molecule has 3 saturated heterocycles. The summed E-state index contributed by atoms with van der Waals surface area (Å²) in [7, 11) is 0. The van der Waals surface area contributed by atoms with E-state index in [1.165, 1.54) is 11.5 Å². The van der Waals surface area contributed by atoms with Crippen molar-refractivity contribution in [1.29, 1.82) is 0 Å². The average molecular weight is 311 g/mol. The van der Waals surface area contributed by atoms with Crippen LogP contribution in [-0.4, -0.2) is 61.1 Å². The lowest BCUT2D eigenvalue weighted by atomic mass is 10.00. The van der Waals surface area contributed by atoms with Gasteiger partial charge < -0.3 is 19.1 Å². The zero-order valence-corrected chi connectivity index (χ0v) is 12.9. The maximum Gasteiger partial charge on any atom is 0.205 e. The fourth-order valence-electron chi connectivity index (χ4n) is 3.39. The first-order valence-electron chi connectivity index (χ1n) is 7.79. The highest BCUT2D eigenvalue weighted by atomic mass is 32.1. The Bertz CT molecular complexity index is 476. The number of ether oxygens (including phenoxy) is 3. The van der Waals surface area contributed by atoms with Gasteiger partial charge in [0, 0.05) is 43.8 Å². The summed E-state index contributed by atoms with van der Waals surface area (Å²) < 4.78 is 21.4. The Morgan fingerprint density at radius 1 is 1.05 bits per heavy atom. The Kier molecular flexibility index (Phi) is 4.07. The van der Waals surface area contributed by atoms with Crippen molar-refractivity contribution in [1.82, 2.24) is 9.36 Å². The fraction of sp³-hybridized carbons (Fsp3) is 0.857. The smallest absolute Gasteiger partial charge is 0.205 e. The molecule has 0 radical (unpaired) electrons. The van der Waals surface area contributed by atoms with Crippen LogP contribution in [0.2, 0.25) is 0 Å². The average Bonchev–Trinajstić information content (AvgIpc) is 3.05. The second kappa shape index (κ2) is 6.16. The van der Waals surface area contributed by atoms with Gasteiger partial charge in [-0.2, -0.15) is 4.37 Å². The summed E-state index contributed by atoms with van der Waals surface area (Å²) in [6, 6.07) is 0.392. The van der Waals surface area contributed by atoms with Crippen LogP contribution in [0.1, 0.15) is 31.0 Å². The highest BCUT2D eigenvalue weighted by molar-refractivity contribution is 7.09. The minimum Gasteiger partial charge on any atom is -0.381 e. The lowest BCUT2D eigenvalue weighted by molar-refractivity contribution is -0.0775. The molecule has 7 heteroatoms. The first kappa shape index (κ1) is 13.9. The number of hydrogen-bond acceptors (Lipinski definition) is 7. The topological polar surface area (TPSA) is 56.7 Å². The van der Waals surface area contributed by atoms with E-state index in [-0.39, 0.29) is 6.10 Å². The fourth-order valence-corrected chi connectivity index (χ4v) is 4.22. The van der Waals surface area contributed by atoms with Gasteiger partial charge in [-0.15, -0.1) is 0 Å². The summed E-state index contributed by atoms with van der Waals surface area (Å²) >= 11 is 1.53. The Hall–Kier alpha value is -0.760. The van der Waals surface area contributed by atoms with Crippen LogP contribution < -0.4 is 4.90 Å². The van der Waals surface area contributed by atoms with Gasteiger partial charge in [0.15, 0.2) is 0 Å². The van der Waals surface area contributed by atoms with E-state index < -0.39 is 0 Å². The quantitative estimate of drug-likeness (QED) is 0.823. The van der Waals surface area contributed by atoms with Crippen LogP contribution in [0.5, 0.6) is 0 Å². The second-order valence-electron chi connectivity index (χ2n) is 5.86. The van der Waals surface area contributed by atoms with E-state index in [1.54, 1.807) is 0 Å². The minimum atomic E-state index is 0.183. The molecule has 1 aromatic heterocycles. The zero-order valence-electron chi connectivity index (χ0n) is 12.1. The first-order valence-corrected chi connectivity index (χ1v) is 8.56. The molecule has 0 spiro atoms. The van der Waals surface area contributed by atoms with Crippen LogP contribution in [0.25, 0.3) is 0 Å². The van der Waals surface area contributed by atoms with Gasteiger partial charge in [0.2, 0.25) is 5.13 Å². The molecule has 0 bridgehead atoms. The Morgan fingerprint density at radius 3 is 2.81 bits per heavy atom. The summed E-state index contributed by atoms with van der Waals surface area (Å²) in [6.07, 6.45) is 3.28. The van der Waals surface area contributed by atoms with Crippen molar-refractivity contribution in [2.75, 3.05) is 44.5 Å². The molecule has 0 amide bonds. The van der Waals surface area contributed by atoms with E-state index in [1.807, 2.05) is 0 Å². The Balaban J connectivity index is 1.51. The molecule has 21 heavy (non-hydrogen) atoms. The lowest BCUT2D eigenvalue weighted by Gasteiger charge is -2.43. The number of rotatable bonds is 2. The monoisotopic (exact) mass is 311 g/mol. The maximum absolute atomic E-state index is 5.83. The van der Waals surface area contributed by atoms with Crippen LogP contribution in [0.15, 0.2) is 0 Å². The number of anilines is 1. The van der Waals surface area contributed by atoms with Gasteiger partial charge in [-0.1, -0.05) is 0 Å². The van der Waals surface area contributed by atoms with Gasteiger partial charge in [-0.05, 0) is 19.3 Å². The van der Waals surface area contributed by atoms with Crippen molar-refractivity contribution in [3.05, 3.63) is 5.82 Å². The summed E-state index contributed by atoms with van der Waals surface area (Å²) in [5.41, 5.74) is 0.